The second kappa shape index (κ2) is 19.1. The van der Waals surface area contributed by atoms with E-state index in [1.807, 2.05) is 14.2 Å². The van der Waals surface area contributed by atoms with Crippen molar-refractivity contribution in [3.8, 4) is 0 Å². The molecule has 0 aromatic heterocycles. The predicted octanol–water partition coefficient (Wildman–Crippen LogP) is 10.7. The van der Waals surface area contributed by atoms with Gasteiger partial charge in [-0.2, -0.15) is 0 Å². The molecule has 0 N–H and O–H groups in total. The molecule has 0 spiro atoms. The second-order valence-electron chi connectivity index (χ2n) is 13.1. The summed E-state index contributed by atoms with van der Waals surface area (Å²) in [4.78, 5) is 0. The summed E-state index contributed by atoms with van der Waals surface area (Å²) in [5.41, 5.74) is 0. The number of ether oxygens (including phenoxy) is 2. The van der Waals surface area contributed by atoms with Gasteiger partial charge in [0.1, 0.15) is 0 Å². The maximum absolute atomic E-state index is 6.13. The summed E-state index contributed by atoms with van der Waals surface area (Å²) >= 11 is 0. The van der Waals surface area contributed by atoms with Crippen LogP contribution in [-0.2, 0) is 9.47 Å². The van der Waals surface area contributed by atoms with Crippen LogP contribution in [0.5, 0.6) is 0 Å². The first-order chi connectivity index (χ1) is 17.8. The van der Waals surface area contributed by atoms with Crippen molar-refractivity contribution in [1.29, 1.82) is 0 Å². The number of rotatable bonds is 2. The highest BCUT2D eigenvalue weighted by atomic mass is 16.5. The molecule has 4 atom stereocenters. The van der Waals surface area contributed by atoms with E-state index in [0.29, 0.717) is 12.2 Å². The van der Waals surface area contributed by atoms with Crippen LogP contribution in [0.3, 0.4) is 0 Å². The molecule has 36 heavy (non-hydrogen) atoms. The average molecular weight is 505 g/mol. The van der Waals surface area contributed by atoms with E-state index in [1.165, 1.54) is 167 Å². The number of hydrogen-bond acceptors (Lipinski definition) is 2. The molecule has 0 radical (unpaired) electrons. The molecule has 0 aromatic carbocycles. The van der Waals surface area contributed by atoms with Crippen LogP contribution in [0.4, 0.5) is 0 Å². The normalized spacial score (nSPS) is 36.2. The zero-order chi connectivity index (χ0) is 25.3. The third-order valence-electron chi connectivity index (χ3n) is 10.5. The Kier molecular flexibility index (Phi) is 16.1. The van der Waals surface area contributed by atoms with Gasteiger partial charge in [0, 0.05) is 14.2 Å². The van der Waals surface area contributed by atoms with Crippen molar-refractivity contribution in [3.05, 3.63) is 0 Å². The van der Waals surface area contributed by atoms with Gasteiger partial charge in [-0.3, -0.25) is 0 Å². The van der Waals surface area contributed by atoms with E-state index in [1.54, 1.807) is 0 Å². The van der Waals surface area contributed by atoms with Crippen molar-refractivity contribution in [1.82, 2.24) is 0 Å². The predicted molar refractivity (Wildman–Crippen MR) is 156 cm³/mol. The molecule has 3 aliphatic carbocycles. The lowest BCUT2D eigenvalue weighted by Crippen LogP contribution is -2.35. The van der Waals surface area contributed by atoms with Crippen molar-refractivity contribution in [2.75, 3.05) is 14.2 Å². The summed E-state index contributed by atoms with van der Waals surface area (Å²) in [5.74, 6) is 3.34. The smallest absolute Gasteiger partial charge is 0.0627 e. The zero-order valence-corrected chi connectivity index (χ0v) is 24.7. The third kappa shape index (κ3) is 11.0. The first-order valence-electron chi connectivity index (χ1n) is 16.9. The van der Waals surface area contributed by atoms with Crippen molar-refractivity contribution in [2.24, 2.45) is 23.7 Å². The van der Waals surface area contributed by atoms with Crippen LogP contribution in [0.2, 0.25) is 0 Å². The second-order valence-corrected chi connectivity index (χ2v) is 13.1. The lowest BCUT2D eigenvalue weighted by Gasteiger charge is -2.37. The molecule has 3 fully saturated rings. The monoisotopic (exact) mass is 504 g/mol. The van der Waals surface area contributed by atoms with Gasteiger partial charge >= 0.3 is 0 Å². The van der Waals surface area contributed by atoms with Gasteiger partial charge in [0.05, 0.1) is 12.2 Å². The van der Waals surface area contributed by atoms with Crippen molar-refractivity contribution < 1.29 is 9.47 Å². The first-order valence-corrected chi connectivity index (χ1v) is 16.9. The maximum Gasteiger partial charge on any atom is 0.0627 e. The van der Waals surface area contributed by atoms with Crippen molar-refractivity contribution >= 4 is 0 Å². The van der Waals surface area contributed by atoms with Crippen LogP contribution in [0.25, 0.3) is 0 Å². The van der Waals surface area contributed by atoms with Crippen LogP contribution in [0, 0.1) is 23.7 Å². The van der Waals surface area contributed by atoms with Gasteiger partial charge in [0.15, 0.2) is 0 Å². The molecule has 0 aliphatic heterocycles. The summed E-state index contributed by atoms with van der Waals surface area (Å²) in [6.45, 7) is 0. The molecule has 0 heterocycles. The average Bonchev–Trinajstić information content (AvgIpc) is 2.90. The molecule has 0 aromatic rings. The minimum Gasteiger partial charge on any atom is -0.381 e. The van der Waals surface area contributed by atoms with E-state index in [-0.39, 0.29) is 0 Å². The van der Waals surface area contributed by atoms with Crippen LogP contribution >= 0.6 is 0 Å². The third-order valence-corrected chi connectivity index (χ3v) is 10.5. The molecule has 3 aliphatic rings. The fraction of sp³-hybridized carbons (Fsp3) is 1.00. The van der Waals surface area contributed by atoms with E-state index < -0.39 is 0 Å². The molecular weight excluding hydrogens is 440 g/mol. The molecule has 4 bridgehead atoms. The Morgan fingerprint density at radius 2 is 0.472 bits per heavy atom. The van der Waals surface area contributed by atoms with Gasteiger partial charge in [-0.1, -0.05) is 116 Å². The minimum atomic E-state index is 0.550. The minimum absolute atomic E-state index is 0.550. The molecule has 212 valence electrons. The highest BCUT2D eigenvalue weighted by Crippen LogP contribution is 2.39. The molecule has 3 rings (SSSR count). The van der Waals surface area contributed by atoms with E-state index in [0.717, 1.165) is 23.7 Å². The largest absolute Gasteiger partial charge is 0.381 e. The van der Waals surface area contributed by atoms with E-state index in [4.69, 9.17) is 9.47 Å². The topological polar surface area (TPSA) is 18.5 Å². The van der Waals surface area contributed by atoms with Gasteiger partial charge in [-0.05, 0) is 75.0 Å². The van der Waals surface area contributed by atoms with Crippen LogP contribution in [0.15, 0.2) is 0 Å². The van der Waals surface area contributed by atoms with E-state index in [9.17, 15) is 0 Å². The molecular formula is C34H64O2. The molecule has 2 nitrogen and oxygen atoms in total. The fourth-order valence-corrected chi connectivity index (χ4v) is 8.46. The highest BCUT2D eigenvalue weighted by Gasteiger charge is 2.33. The Labute approximate surface area is 226 Å². The summed E-state index contributed by atoms with van der Waals surface area (Å²) in [6, 6.07) is 0. The Balaban J connectivity index is 1.42. The lowest BCUT2D eigenvalue weighted by atomic mass is 9.74. The van der Waals surface area contributed by atoms with Gasteiger partial charge in [-0.25, -0.2) is 0 Å². The standard InChI is InChI=1S/C34H64O2/c1-35-33-29-21-15-11-7-3-5-9-13-17-23-31-27-20-28-32(34(31)36-2)24-18-14-10-6-4-8-12-16-22-30(33)26-19-25-29/h29-34H,3-28H2,1-2H3. The zero-order valence-electron chi connectivity index (χ0n) is 24.7. The summed E-state index contributed by atoms with van der Waals surface area (Å²) in [6.07, 6.45) is 38.4. The van der Waals surface area contributed by atoms with Crippen LogP contribution < -0.4 is 0 Å². The SMILES string of the molecule is COC1C2CCCCCCCCCCC3CCCC(CCCCCCCCCCC1CCC2)C3OC. The van der Waals surface area contributed by atoms with Gasteiger partial charge in [0.2, 0.25) is 0 Å². The van der Waals surface area contributed by atoms with E-state index >= 15 is 0 Å². The summed E-state index contributed by atoms with van der Waals surface area (Å²) in [5, 5.41) is 0. The number of hydrogen-bond donors (Lipinski definition) is 0. The van der Waals surface area contributed by atoms with Crippen molar-refractivity contribution in [2.45, 2.75) is 179 Å². The Hall–Kier alpha value is -0.0800. The fourth-order valence-electron chi connectivity index (χ4n) is 8.46. The van der Waals surface area contributed by atoms with Crippen LogP contribution in [-0.4, -0.2) is 26.4 Å². The Morgan fingerprint density at radius 3 is 0.694 bits per heavy atom. The van der Waals surface area contributed by atoms with E-state index in [2.05, 4.69) is 0 Å². The summed E-state index contributed by atoms with van der Waals surface area (Å²) in [7, 11) is 4.00. The first kappa shape index (κ1) is 30.5. The molecule has 0 saturated heterocycles. The highest BCUT2D eigenvalue weighted by molar-refractivity contribution is 4.84. The molecule has 3 saturated carbocycles. The van der Waals surface area contributed by atoms with Gasteiger partial charge in [-0.15, -0.1) is 0 Å². The Bertz CT molecular complexity index is 433. The number of methoxy groups -OCH3 is 2. The number of fused-ring (bicyclic) bond motifs is 4. The lowest BCUT2D eigenvalue weighted by molar-refractivity contribution is -0.0271. The quantitative estimate of drug-likeness (QED) is 0.372. The van der Waals surface area contributed by atoms with Crippen LogP contribution in [0.1, 0.15) is 167 Å². The molecule has 0 amide bonds. The maximum atomic E-state index is 6.13. The molecule has 2 heteroatoms. The van der Waals surface area contributed by atoms with Gasteiger partial charge < -0.3 is 9.47 Å². The van der Waals surface area contributed by atoms with Crippen molar-refractivity contribution in [3.63, 3.8) is 0 Å². The molecule has 4 unspecified atom stereocenters. The Morgan fingerprint density at radius 1 is 0.278 bits per heavy atom. The summed E-state index contributed by atoms with van der Waals surface area (Å²) < 4.78 is 12.3. The van der Waals surface area contributed by atoms with Gasteiger partial charge in [0.25, 0.3) is 0 Å².